The average Bonchev–Trinajstić information content (AvgIpc) is 2.73. The maximum absolute atomic E-state index is 12.6. The highest BCUT2D eigenvalue weighted by molar-refractivity contribution is 5.81. The van der Waals surface area contributed by atoms with Crippen LogP contribution in [0.2, 0.25) is 0 Å². The van der Waals surface area contributed by atoms with E-state index in [0.717, 1.165) is 58.2 Å². The molecule has 6 heteroatoms. The van der Waals surface area contributed by atoms with Crippen LogP contribution in [0.4, 0.5) is 0 Å². The highest BCUT2D eigenvalue weighted by Gasteiger charge is 2.40. The van der Waals surface area contributed by atoms with E-state index < -0.39 is 0 Å². The fourth-order valence-corrected chi connectivity index (χ4v) is 5.10. The van der Waals surface area contributed by atoms with Crippen molar-refractivity contribution in [2.75, 3.05) is 13.1 Å². The summed E-state index contributed by atoms with van der Waals surface area (Å²) in [6.45, 7) is 3.01. The number of benzene rings is 1. The standard InChI is InChI=1S/C22H32N4O2/c27-21(14-20-18-8-4-5-9-19(18)22(28)25-24-20)23-17-10-12-26(13-11-17)15-16-6-2-1-3-7-16/h1-3,6-7,17-20,24H,4-5,8-15H2,(H,23,27)(H,25,28). The fraction of sp³-hybridized carbons (Fsp3) is 0.636. The summed E-state index contributed by atoms with van der Waals surface area (Å²) < 4.78 is 0. The third-order valence-corrected chi connectivity index (χ3v) is 6.66. The van der Waals surface area contributed by atoms with Crippen molar-refractivity contribution in [2.24, 2.45) is 11.8 Å². The zero-order valence-corrected chi connectivity index (χ0v) is 16.5. The summed E-state index contributed by atoms with van der Waals surface area (Å²) in [6, 6.07) is 10.9. The molecule has 28 heavy (non-hydrogen) atoms. The molecule has 3 aliphatic rings. The lowest BCUT2D eigenvalue weighted by atomic mass is 9.73. The third kappa shape index (κ3) is 4.73. The van der Waals surface area contributed by atoms with E-state index in [2.05, 4.69) is 45.3 Å². The number of carbonyl (C=O) groups excluding carboxylic acids is 2. The molecule has 2 saturated heterocycles. The van der Waals surface area contributed by atoms with Crippen LogP contribution in [0.3, 0.4) is 0 Å². The van der Waals surface area contributed by atoms with Gasteiger partial charge in [0.25, 0.3) is 0 Å². The van der Waals surface area contributed by atoms with Crippen molar-refractivity contribution < 1.29 is 9.59 Å². The topological polar surface area (TPSA) is 73.5 Å². The van der Waals surface area contributed by atoms with E-state index >= 15 is 0 Å². The number of fused-ring (bicyclic) bond motifs is 1. The first kappa shape index (κ1) is 19.4. The van der Waals surface area contributed by atoms with Crippen LogP contribution in [0.25, 0.3) is 0 Å². The van der Waals surface area contributed by atoms with E-state index in [4.69, 9.17) is 0 Å². The quantitative estimate of drug-likeness (QED) is 0.726. The number of hydrogen-bond acceptors (Lipinski definition) is 4. The number of nitrogens with zero attached hydrogens (tertiary/aromatic N) is 1. The maximum atomic E-state index is 12.6. The second kappa shape index (κ2) is 9.05. The molecule has 6 nitrogen and oxygen atoms in total. The van der Waals surface area contributed by atoms with Crippen molar-refractivity contribution in [1.82, 2.24) is 21.1 Å². The normalized spacial score (nSPS) is 29.0. The van der Waals surface area contributed by atoms with Gasteiger partial charge in [0.1, 0.15) is 0 Å². The van der Waals surface area contributed by atoms with Crippen LogP contribution < -0.4 is 16.2 Å². The molecule has 152 valence electrons. The summed E-state index contributed by atoms with van der Waals surface area (Å²) in [4.78, 5) is 27.2. The molecule has 2 heterocycles. The second-order valence-corrected chi connectivity index (χ2v) is 8.60. The van der Waals surface area contributed by atoms with E-state index in [-0.39, 0.29) is 29.8 Å². The van der Waals surface area contributed by atoms with Crippen molar-refractivity contribution in [3.05, 3.63) is 35.9 Å². The van der Waals surface area contributed by atoms with Gasteiger partial charge in [0.2, 0.25) is 11.8 Å². The summed E-state index contributed by atoms with van der Waals surface area (Å²) in [5.41, 5.74) is 7.24. The second-order valence-electron chi connectivity index (χ2n) is 8.60. The molecule has 1 aliphatic carbocycles. The Balaban J connectivity index is 1.22. The van der Waals surface area contributed by atoms with Gasteiger partial charge >= 0.3 is 0 Å². The van der Waals surface area contributed by atoms with E-state index in [0.29, 0.717) is 12.3 Å². The summed E-state index contributed by atoms with van der Waals surface area (Å²) in [5.74, 6) is 0.585. The first-order chi connectivity index (χ1) is 13.7. The molecule has 2 amide bonds. The van der Waals surface area contributed by atoms with Crippen molar-refractivity contribution in [2.45, 2.75) is 63.6 Å². The number of hydrazine groups is 1. The Labute approximate surface area is 167 Å². The number of carbonyl (C=O) groups is 2. The number of nitrogens with one attached hydrogen (secondary N) is 3. The van der Waals surface area contributed by atoms with Crippen molar-refractivity contribution >= 4 is 11.8 Å². The molecule has 0 radical (unpaired) electrons. The zero-order chi connectivity index (χ0) is 19.3. The molecule has 0 bridgehead atoms. The zero-order valence-electron chi connectivity index (χ0n) is 16.5. The molecular weight excluding hydrogens is 352 g/mol. The van der Waals surface area contributed by atoms with Gasteiger partial charge in [-0.2, -0.15) is 0 Å². The Morgan fingerprint density at radius 1 is 1.07 bits per heavy atom. The Morgan fingerprint density at radius 2 is 1.82 bits per heavy atom. The van der Waals surface area contributed by atoms with Gasteiger partial charge in [-0.15, -0.1) is 0 Å². The highest BCUT2D eigenvalue weighted by atomic mass is 16.2. The smallest absolute Gasteiger partial charge is 0.237 e. The number of amides is 2. The predicted octanol–water partition coefficient (Wildman–Crippen LogP) is 1.97. The van der Waals surface area contributed by atoms with E-state index in [9.17, 15) is 9.59 Å². The monoisotopic (exact) mass is 384 g/mol. The predicted molar refractivity (Wildman–Crippen MR) is 108 cm³/mol. The van der Waals surface area contributed by atoms with E-state index in [1.165, 1.54) is 5.56 Å². The van der Waals surface area contributed by atoms with Crippen molar-refractivity contribution in [3.63, 3.8) is 0 Å². The molecule has 4 rings (SSSR count). The molecule has 0 aromatic heterocycles. The summed E-state index contributed by atoms with van der Waals surface area (Å²) in [6.07, 6.45) is 6.73. The number of hydrogen-bond donors (Lipinski definition) is 3. The fourth-order valence-electron chi connectivity index (χ4n) is 5.10. The van der Waals surface area contributed by atoms with Crippen molar-refractivity contribution in [1.29, 1.82) is 0 Å². The first-order valence-electron chi connectivity index (χ1n) is 10.8. The van der Waals surface area contributed by atoms with Crippen LogP contribution in [-0.4, -0.2) is 41.9 Å². The van der Waals surface area contributed by atoms with Gasteiger partial charge in [0, 0.05) is 44.1 Å². The van der Waals surface area contributed by atoms with Gasteiger partial charge in [-0.25, -0.2) is 5.43 Å². The summed E-state index contributed by atoms with van der Waals surface area (Å²) in [5, 5.41) is 3.24. The molecule has 3 atom stereocenters. The average molecular weight is 385 g/mol. The molecule has 1 aromatic rings. The number of likely N-dealkylation sites (tertiary alicyclic amines) is 1. The molecule has 1 aromatic carbocycles. The number of rotatable bonds is 5. The molecule has 3 fully saturated rings. The molecular formula is C22H32N4O2. The lowest BCUT2D eigenvalue weighted by molar-refractivity contribution is -0.135. The Kier molecular flexibility index (Phi) is 6.27. The highest BCUT2D eigenvalue weighted by Crippen LogP contribution is 2.35. The van der Waals surface area contributed by atoms with Crippen LogP contribution in [0.1, 0.15) is 50.5 Å². The minimum Gasteiger partial charge on any atom is -0.353 e. The van der Waals surface area contributed by atoms with Crippen LogP contribution in [0.5, 0.6) is 0 Å². The van der Waals surface area contributed by atoms with Gasteiger partial charge in [-0.3, -0.25) is 19.9 Å². The van der Waals surface area contributed by atoms with E-state index in [1.54, 1.807) is 0 Å². The minimum absolute atomic E-state index is 0.0566. The Bertz CT molecular complexity index is 672. The van der Waals surface area contributed by atoms with Crippen LogP contribution >= 0.6 is 0 Å². The number of piperidine rings is 1. The molecule has 3 unspecified atom stereocenters. The van der Waals surface area contributed by atoms with Crippen molar-refractivity contribution in [3.8, 4) is 0 Å². The van der Waals surface area contributed by atoms with Gasteiger partial charge in [0.15, 0.2) is 0 Å². The largest absolute Gasteiger partial charge is 0.353 e. The SMILES string of the molecule is O=C(CC1NNC(=O)C2CCCCC12)NC1CCN(Cc2ccccc2)CC1. The van der Waals surface area contributed by atoms with Gasteiger partial charge in [0.05, 0.1) is 0 Å². The third-order valence-electron chi connectivity index (χ3n) is 6.66. The Morgan fingerprint density at radius 3 is 2.61 bits per heavy atom. The lowest BCUT2D eigenvalue weighted by Gasteiger charge is -2.41. The van der Waals surface area contributed by atoms with Gasteiger partial charge in [-0.1, -0.05) is 43.2 Å². The van der Waals surface area contributed by atoms with Crippen LogP contribution in [-0.2, 0) is 16.1 Å². The summed E-state index contributed by atoms with van der Waals surface area (Å²) in [7, 11) is 0. The summed E-state index contributed by atoms with van der Waals surface area (Å²) >= 11 is 0. The van der Waals surface area contributed by atoms with Gasteiger partial charge < -0.3 is 5.32 Å². The molecule has 2 aliphatic heterocycles. The molecule has 3 N–H and O–H groups in total. The maximum Gasteiger partial charge on any atom is 0.237 e. The molecule has 0 spiro atoms. The van der Waals surface area contributed by atoms with E-state index in [1.807, 2.05) is 6.07 Å². The van der Waals surface area contributed by atoms with Gasteiger partial charge in [-0.05, 0) is 37.2 Å². The van der Waals surface area contributed by atoms with Crippen LogP contribution in [0.15, 0.2) is 30.3 Å². The lowest BCUT2D eigenvalue weighted by Crippen LogP contribution is -2.60. The first-order valence-corrected chi connectivity index (χ1v) is 10.8. The Hall–Kier alpha value is -1.92. The molecule has 1 saturated carbocycles. The van der Waals surface area contributed by atoms with Crippen LogP contribution in [0, 0.1) is 11.8 Å². The minimum atomic E-state index is 0.0566.